The zero-order chi connectivity index (χ0) is 26.6. The first-order valence-electron chi connectivity index (χ1n) is 12.4. The minimum Gasteiger partial charge on any atom is -0.444 e. The number of alkyl carbamates (subject to hydrolysis) is 1. The number of piperidine rings is 1. The lowest BCUT2D eigenvalue weighted by Gasteiger charge is -2.32. The first-order chi connectivity index (χ1) is 16.9. The average molecular weight is 501 g/mol. The zero-order valence-corrected chi connectivity index (χ0v) is 21.7. The van der Waals surface area contributed by atoms with E-state index in [-0.39, 0.29) is 54.1 Å². The van der Waals surface area contributed by atoms with Gasteiger partial charge in [0.15, 0.2) is 0 Å². The molecule has 3 rings (SSSR count). The number of likely N-dealkylation sites (tertiary alicyclic amines) is 1. The highest BCUT2D eigenvalue weighted by atomic mass is 16.6. The predicted octanol–water partition coefficient (Wildman–Crippen LogP) is 2.57. The molecule has 1 saturated heterocycles. The van der Waals surface area contributed by atoms with Gasteiger partial charge in [-0.1, -0.05) is 0 Å². The fourth-order valence-electron chi connectivity index (χ4n) is 4.34. The standard InChI is InChI=1S/C26H36N4O6/c1-16(2)30-23(33)19-7-6-18(14-20(19)24(30)34)22(32)28-15-17-9-12-29(13-10-17)21(31)8-11-27-25(35)36-26(3,4)5/h6-7,14,16-17H,8-13,15H2,1-5H3,(H,27,35)(H,28,32). The maximum Gasteiger partial charge on any atom is 0.407 e. The monoisotopic (exact) mass is 500 g/mol. The van der Waals surface area contributed by atoms with Gasteiger partial charge in [-0.15, -0.1) is 0 Å². The van der Waals surface area contributed by atoms with Crippen LogP contribution in [0.4, 0.5) is 4.79 Å². The highest BCUT2D eigenvalue weighted by Crippen LogP contribution is 2.26. The molecule has 0 aromatic heterocycles. The van der Waals surface area contributed by atoms with Crippen LogP contribution in [-0.4, -0.2) is 77.3 Å². The lowest BCUT2D eigenvalue weighted by Crippen LogP contribution is -2.42. The van der Waals surface area contributed by atoms with Crippen molar-refractivity contribution < 1.29 is 28.7 Å². The van der Waals surface area contributed by atoms with Gasteiger partial charge in [0.2, 0.25) is 5.91 Å². The normalized spacial score (nSPS) is 16.3. The van der Waals surface area contributed by atoms with E-state index in [0.717, 1.165) is 12.8 Å². The number of carbonyl (C=O) groups is 5. The third-order valence-corrected chi connectivity index (χ3v) is 6.22. The molecule has 0 aliphatic carbocycles. The Labute approximate surface area is 211 Å². The summed E-state index contributed by atoms with van der Waals surface area (Å²) in [6.45, 7) is 10.7. The van der Waals surface area contributed by atoms with Crippen molar-refractivity contribution in [2.45, 2.75) is 65.5 Å². The number of hydrogen-bond acceptors (Lipinski definition) is 6. The Kier molecular flexibility index (Phi) is 8.37. The molecular weight excluding hydrogens is 464 g/mol. The number of hydrogen-bond donors (Lipinski definition) is 2. The maximum absolute atomic E-state index is 12.7. The third-order valence-electron chi connectivity index (χ3n) is 6.22. The summed E-state index contributed by atoms with van der Waals surface area (Å²) in [4.78, 5) is 64.8. The smallest absolute Gasteiger partial charge is 0.407 e. The van der Waals surface area contributed by atoms with E-state index in [1.807, 2.05) is 0 Å². The molecule has 0 unspecified atom stereocenters. The van der Waals surface area contributed by atoms with Crippen molar-refractivity contribution in [3.63, 3.8) is 0 Å². The maximum atomic E-state index is 12.7. The third kappa shape index (κ3) is 6.61. The summed E-state index contributed by atoms with van der Waals surface area (Å²) < 4.78 is 5.16. The van der Waals surface area contributed by atoms with E-state index in [0.29, 0.717) is 30.8 Å². The Hall–Kier alpha value is -3.43. The number of ether oxygens (including phenoxy) is 1. The van der Waals surface area contributed by atoms with Gasteiger partial charge in [-0.05, 0) is 71.6 Å². The Balaban J connectivity index is 1.42. The lowest BCUT2D eigenvalue weighted by atomic mass is 9.96. The van der Waals surface area contributed by atoms with Gasteiger partial charge in [-0.3, -0.25) is 24.1 Å². The number of nitrogens with zero attached hydrogens (tertiary/aromatic N) is 2. The van der Waals surface area contributed by atoms with Gasteiger partial charge in [-0.2, -0.15) is 0 Å². The molecule has 10 nitrogen and oxygen atoms in total. The zero-order valence-electron chi connectivity index (χ0n) is 21.7. The van der Waals surface area contributed by atoms with E-state index in [1.165, 1.54) is 17.0 Å². The summed E-state index contributed by atoms with van der Waals surface area (Å²) in [5.74, 6) is -0.807. The van der Waals surface area contributed by atoms with Gasteiger partial charge in [0, 0.05) is 44.2 Å². The minimum absolute atomic E-state index is 0.0265. The Morgan fingerprint density at radius 1 is 1.03 bits per heavy atom. The van der Waals surface area contributed by atoms with Crippen molar-refractivity contribution in [3.8, 4) is 0 Å². The summed E-state index contributed by atoms with van der Waals surface area (Å²) in [6, 6.07) is 4.33. The summed E-state index contributed by atoms with van der Waals surface area (Å²) in [6.07, 6.45) is 1.17. The van der Waals surface area contributed by atoms with Gasteiger partial charge in [-0.25, -0.2) is 4.79 Å². The van der Waals surface area contributed by atoms with Crippen molar-refractivity contribution in [1.29, 1.82) is 0 Å². The molecule has 1 aromatic carbocycles. The van der Waals surface area contributed by atoms with E-state index in [4.69, 9.17) is 4.74 Å². The lowest BCUT2D eigenvalue weighted by molar-refractivity contribution is -0.132. The predicted molar refractivity (Wildman–Crippen MR) is 133 cm³/mol. The topological polar surface area (TPSA) is 125 Å². The second-order valence-corrected chi connectivity index (χ2v) is 10.5. The molecule has 2 N–H and O–H groups in total. The molecule has 0 saturated carbocycles. The van der Waals surface area contributed by atoms with Crippen LogP contribution in [-0.2, 0) is 9.53 Å². The van der Waals surface area contributed by atoms with Crippen LogP contribution >= 0.6 is 0 Å². The van der Waals surface area contributed by atoms with Crippen LogP contribution in [0, 0.1) is 5.92 Å². The van der Waals surface area contributed by atoms with Crippen LogP contribution in [0.2, 0.25) is 0 Å². The number of nitrogens with one attached hydrogen (secondary N) is 2. The van der Waals surface area contributed by atoms with Crippen molar-refractivity contribution in [2.24, 2.45) is 5.92 Å². The number of imide groups is 1. The first kappa shape index (κ1) is 27.2. The van der Waals surface area contributed by atoms with Gasteiger partial charge >= 0.3 is 6.09 Å². The SMILES string of the molecule is CC(C)N1C(=O)c2ccc(C(=O)NCC3CCN(C(=O)CCNC(=O)OC(C)(C)C)CC3)cc2C1=O. The molecule has 10 heteroatoms. The largest absolute Gasteiger partial charge is 0.444 e. The summed E-state index contributed by atoms with van der Waals surface area (Å²) in [5, 5.41) is 5.51. The van der Waals surface area contributed by atoms with Crippen molar-refractivity contribution in [3.05, 3.63) is 34.9 Å². The average Bonchev–Trinajstić information content (AvgIpc) is 3.06. The summed E-state index contributed by atoms with van der Waals surface area (Å²) in [5.41, 5.74) is 0.334. The van der Waals surface area contributed by atoms with Crippen LogP contribution < -0.4 is 10.6 Å². The second kappa shape index (κ2) is 11.1. The molecular formula is C26H36N4O6. The molecule has 36 heavy (non-hydrogen) atoms. The van der Waals surface area contributed by atoms with E-state index in [1.54, 1.807) is 45.6 Å². The summed E-state index contributed by atoms with van der Waals surface area (Å²) >= 11 is 0. The van der Waals surface area contributed by atoms with E-state index in [9.17, 15) is 24.0 Å². The molecule has 1 fully saturated rings. The van der Waals surface area contributed by atoms with Crippen LogP contribution in [0.25, 0.3) is 0 Å². The Morgan fingerprint density at radius 2 is 1.67 bits per heavy atom. The van der Waals surface area contributed by atoms with Gasteiger partial charge < -0.3 is 20.3 Å². The highest BCUT2D eigenvalue weighted by molar-refractivity contribution is 6.22. The first-order valence-corrected chi connectivity index (χ1v) is 12.4. The second-order valence-electron chi connectivity index (χ2n) is 10.5. The molecule has 0 radical (unpaired) electrons. The summed E-state index contributed by atoms with van der Waals surface area (Å²) in [7, 11) is 0. The highest BCUT2D eigenvalue weighted by Gasteiger charge is 2.37. The number of fused-ring (bicyclic) bond motifs is 1. The molecule has 0 spiro atoms. The van der Waals surface area contributed by atoms with Crippen molar-refractivity contribution in [1.82, 2.24) is 20.4 Å². The fraction of sp³-hybridized carbons (Fsp3) is 0.577. The fourth-order valence-corrected chi connectivity index (χ4v) is 4.34. The minimum atomic E-state index is -0.586. The Morgan fingerprint density at radius 3 is 2.28 bits per heavy atom. The molecule has 5 amide bonds. The van der Waals surface area contributed by atoms with Crippen LogP contribution in [0.15, 0.2) is 18.2 Å². The molecule has 196 valence electrons. The molecule has 1 aromatic rings. The van der Waals surface area contributed by atoms with Gasteiger partial charge in [0.25, 0.3) is 17.7 Å². The van der Waals surface area contributed by atoms with Crippen LogP contribution in [0.3, 0.4) is 0 Å². The molecule has 2 aliphatic rings. The van der Waals surface area contributed by atoms with E-state index < -0.39 is 11.7 Å². The van der Waals surface area contributed by atoms with Crippen molar-refractivity contribution in [2.75, 3.05) is 26.2 Å². The van der Waals surface area contributed by atoms with Crippen LogP contribution in [0.1, 0.15) is 85.0 Å². The van der Waals surface area contributed by atoms with Gasteiger partial charge in [0.1, 0.15) is 5.60 Å². The molecule has 0 bridgehead atoms. The van der Waals surface area contributed by atoms with Gasteiger partial charge in [0.05, 0.1) is 11.1 Å². The number of amides is 5. The van der Waals surface area contributed by atoms with Crippen molar-refractivity contribution >= 4 is 29.7 Å². The van der Waals surface area contributed by atoms with E-state index >= 15 is 0 Å². The number of rotatable bonds is 7. The molecule has 0 atom stereocenters. The molecule has 2 aliphatic heterocycles. The number of carbonyl (C=O) groups excluding carboxylic acids is 5. The van der Waals surface area contributed by atoms with E-state index in [2.05, 4.69) is 10.6 Å². The Bertz CT molecular complexity index is 1040. The molecule has 2 heterocycles. The quantitative estimate of drug-likeness (QED) is 0.555. The van der Waals surface area contributed by atoms with Crippen LogP contribution in [0.5, 0.6) is 0 Å². The number of benzene rings is 1.